The van der Waals surface area contributed by atoms with Crippen LogP contribution >= 0.6 is 0 Å². The van der Waals surface area contributed by atoms with Crippen molar-refractivity contribution in [1.82, 2.24) is 5.32 Å². The quantitative estimate of drug-likeness (QED) is 0.855. The largest absolute Gasteiger partial charge is 0.396 e. The molecule has 0 bridgehead atoms. The molecule has 1 aromatic rings. The van der Waals surface area contributed by atoms with Crippen molar-refractivity contribution in [3.05, 3.63) is 35.4 Å². The van der Waals surface area contributed by atoms with E-state index in [1.54, 1.807) is 0 Å². The van der Waals surface area contributed by atoms with Crippen LogP contribution in [-0.4, -0.2) is 18.3 Å². The van der Waals surface area contributed by atoms with Crippen LogP contribution in [0.1, 0.15) is 49.3 Å². The molecular formula is C16H23NO. The van der Waals surface area contributed by atoms with E-state index in [0.29, 0.717) is 12.6 Å². The molecule has 0 spiro atoms. The van der Waals surface area contributed by atoms with E-state index in [-0.39, 0.29) is 5.41 Å². The maximum Gasteiger partial charge on any atom is 0.0499 e. The Balaban J connectivity index is 1.65. The van der Waals surface area contributed by atoms with Crippen LogP contribution in [-0.2, 0) is 6.42 Å². The Kier molecular flexibility index (Phi) is 3.40. The van der Waals surface area contributed by atoms with Crippen molar-refractivity contribution in [2.75, 3.05) is 13.2 Å². The van der Waals surface area contributed by atoms with E-state index in [9.17, 15) is 5.11 Å². The minimum Gasteiger partial charge on any atom is -0.396 e. The molecule has 1 saturated carbocycles. The van der Waals surface area contributed by atoms with Gasteiger partial charge in [-0.3, -0.25) is 0 Å². The van der Waals surface area contributed by atoms with E-state index in [1.165, 1.54) is 49.7 Å². The smallest absolute Gasteiger partial charge is 0.0499 e. The number of rotatable bonds is 4. The van der Waals surface area contributed by atoms with Gasteiger partial charge in [-0.05, 0) is 36.8 Å². The summed E-state index contributed by atoms with van der Waals surface area (Å²) in [7, 11) is 0. The Morgan fingerprint density at radius 3 is 2.78 bits per heavy atom. The molecule has 1 atom stereocenters. The summed E-state index contributed by atoms with van der Waals surface area (Å²) >= 11 is 0. The van der Waals surface area contributed by atoms with Crippen LogP contribution in [0.4, 0.5) is 0 Å². The summed E-state index contributed by atoms with van der Waals surface area (Å²) in [5, 5.41) is 13.4. The molecule has 0 aliphatic heterocycles. The molecule has 0 aromatic heterocycles. The van der Waals surface area contributed by atoms with Crippen LogP contribution in [0.2, 0.25) is 0 Å². The van der Waals surface area contributed by atoms with Gasteiger partial charge in [-0.2, -0.15) is 0 Å². The lowest BCUT2D eigenvalue weighted by Gasteiger charge is -2.29. The van der Waals surface area contributed by atoms with Crippen molar-refractivity contribution in [2.24, 2.45) is 5.41 Å². The van der Waals surface area contributed by atoms with Crippen molar-refractivity contribution in [3.63, 3.8) is 0 Å². The summed E-state index contributed by atoms with van der Waals surface area (Å²) in [6.07, 6.45) is 7.34. The second-order valence-corrected chi connectivity index (χ2v) is 6.04. The zero-order valence-electron chi connectivity index (χ0n) is 11.0. The summed E-state index contributed by atoms with van der Waals surface area (Å²) in [5.74, 6) is 0. The molecule has 3 rings (SSSR count). The maximum atomic E-state index is 9.65. The van der Waals surface area contributed by atoms with Crippen LogP contribution in [0.5, 0.6) is 0 Å². The summed E-state index contributed by atoms with van der Waals surface area (Å²) in [6.45, 7) is 1.32. The van der Waals surface area contributed by atoms with E-state index in [2.05, 4.69) is 29.6 Å². The van der Waals surface area contributed by atoms with Crippen LogP contribution in [0.25, 0.3) is 0 Å². The number of hydrogen-bond acceptors (Lipinski definition) is 2. The topological polar surface area (TPSA) is 32.3 Å². The molecule has 0 radical (unpaired) electrons. The van der Waals surface area contributed by atoms with E-state index < -0.39 is 0 Å². The number of nitrogens with one attached hydrogen (secondary N) is 1. The van der Waals surface area contributed by atoms with E-state index in [0.717, 1.165) is 6.54 Å². The van der Waals surface area contributed by atoms with Gasteiger partial charge in [0.05, 0.1) is 0 Å². The molecule has 2 heteroatoms. The molecule has 1 unspecified atom stereocenters. The SMILES string of the molecule is OCC1(CNC2CCc3ccccc32)CCCC1. The van der Waals surface area contributed by atoms with Crippen LogP contribution < -0.4 is 5.32 Å². The number of hydrogen-bond donors (Lipinski definition) is 2. The van der Waals surface area contributed by atoms with Crippen molar-refractivity contribution >= 4 is 0 Å². The van der Waals surface area contributed by atoms with Gasteiger partial charge in [0.25, 0.3) is 0 Å². The first kappa shape index (κ1) is 12.2. The van der Waals surface area contributed by atoms with E-state index in [4.69, 9.17) is 0 Å². The Hall–Kier alpha value is -0.860. The molecule has 0 amide bonds. The summed E-state index contributed by atoms with van der Waals surface area (Å²) in [4.78, 5) is 0. The molecular weight excluding hydrogens is 222 g/mol. The average molecular weight is 245 g/mol. The summed E-state index contributed by atoms with van der Waals surface area (Å²) in [5.41, 5.74) is 3.14. The lowest BCUT2D eigenvalue weighted by atomic mass is 9.87. The third-order valence-corrected chi connectivity index (χ3v) is 4.86. The summed E-state index contributed by atoms with van der Waals surface area (Å²) in [6, 6.07) is 9.27. The Bertz CT molecular complexity index is 409. The van der Waals surface area contributed by atoms with Crippen molar-refractivity contribution in [1.29, 1.82) is 0 Å². The number of fused-ring (bicyclic) bond motifs is 1. The standard InChI is InChI=1S/C16H23NO/c18-12-16(9-3-4-10-16)11-17-15-8-7-13-5-1-2-6-14(13)15/h1-2,5-6,15,17-18H,3-4,7-12H2. The molecule has 1 fully saturated rings. The number of benzene rings is 1. The van der Waals surface area contributed by atoms with Gasteiger partial charge in [0.2, 0.25) is 0 Å². The van der Waals surface area contributed by atoms with Crippen molar-refractivity contribution in [3.8, 4) is 0 Å². The first-order valence-electron chi connectivity index (χ1n) is 7.25. The first-order chi connectivity index (χ1) is 8.83. The van der Waals surface area contributed by atoms with Gasteiger partial charge in [-0.25, -0.2) is 0 Å². The molecule has 2 nitrogen and oxygen atoms in total. The Labute approximate surface area is 109 Å². The van der Waals surface area contributed by atoms with E-state index in [1.807, 2.05) is 0 Å². The molecule has 2 aliphatic carbocycles. The normalized spacial score (nSPS) is 25.3. The fraction of sp³-hybridized carbons (Fsp3) is 0.625. The average Bonchev–Trinajstić information content (AvgIpc) is 3.04. The van der Waals surface area contributed by atoms with Gasteiger partial charge in [0.1, 0.15) is 0 Å². The molecule has 2 N–H and O–H groups in total. The predicted octanol–water partition coefficient (Wildman–Crippen LogP) is 2.82. The molecule has 1 aromatic carbocycles. The molecule has 18 heavy (non-hydrogen) atoms. The fourth-order valence-electron chi connectivity index (χ4n) is 3.62. The first-order valence-corrected chi connectivity index (χ1v) is 7.25. The second kappa shape index (κ2) is 5.02. The number of aryl methyl sites for hydroxylation is 1. The fourth-order valence-corrected chi connectivity index (χ4v) is 3.62. The van der Waals surface area contributed by atoms with Crippen LogP contribution in [0, 0.1) is 5.41 Å². The number of aliphatic hydroxyl groups is 1. The lowest BCUT2D eigenvalue weighted by molar-refractivity contribution is 0.124. The van der Waals surface area contributed by atoms with Crippen molar-refractivity contribution < 1.29 is 5.11 Å². The van der Waals surface area contributed by atoms with Gasteiger partial charge in [0, 0.05) is 24.6 Å². The third-order valence-electron chi connectivity index (χ3n) is 4.86. The van der Waals surface area contributed by atoms with Gasteiger partial charge < -0.3 is 10.4 Å². The van der Waals surface area contributed by atoms with Gasteiger partial charge in [-0.15, -0.1) is 0 Å². The monoisotopic (exact) mass is 245 g/mol. The maximum absolute atomic E-state index is 9.65. The van der Waals surface area contributed by atoms with Gasteiger partial charge >= 0.3 is 0 Å². The van der Waals surface area contributed by atoms with Crippen LogP contribution in [0.3, 0.4) is 0 Å². The lowest BCUT2D eigenvalue weighted by Crippen LogP contribution is -2.36. The highest BCUT2D eigenvalue weighted by atomic mass is 16.3. The molecule has 0 saturated heterocycles. The van der Waals surface area contributed by atoms with Gasteiger partial charge in [0.15, 0.2) is 0 Å². The minimum atomic E-state index is 0.164. The zero-order valence-corrected chi connectivity index (χ0v) is 11.0. The molecule has 2 aliphatic rings. The predicted molar refractivity (Wildman–Crippen MR) is 73.5 cm³/mol. The van der Waals surface area contributed by atoms with Gasteiger partial charge in [-0.1, -0.05) is 37.1 Å². The molecule has 98 valence electrons. The summed E-state index contributed by atoms with van der Waals surface area (Å²) < 4.78 is 0. The number of aliphatic hydroxyl groups excluding tert-OH is 1. The third kappa shape index (κ3) is 2.19. The van der Waals surface area contributed by atoms with Crippen LogP contribution in [0.15, 0.2) is 24.3 Å². The Morgan fingerprint density at radius 2 is 2.00 bits per heavy atom. The zero-order chi connectivity index (χ0) is 12.4. The van der Waals surface area contributed by atoms with E-state index >= 15 is 0 Å². The second-order valence-electron chi connectivity index (χ2n) is 6.04. The van der Waals surface area contributed by atoms with Crippen molar-refractivity contribution in [2.45, 2.75) is 44.6 Å². The minimum absolute atomic E-state index is 0.164. The Morgan fingerprint density at radius 1 is 1.22 bits per heavy atom. The molecule has 0 heterocycles. The highest BCUT2D eigenvalue weighted by Crippen LogP contribution is 2.38. The highest BCUT2D eigenvalue weighted by molar-refractivity contribution is 5.34. The highest BCUT2D eigenvalue weighted by Gasteiger charge is 2.34.